The summed E-state index contributed by atoms with van der Waals surface area (Å²) in [5.74, 6) is 4.29. The number of rotatable bonds is 5. The molecule has 0 saturated heterocycles. The maximum atomic E-state index is 5.84. The van der Waals surface area contributed by atoms with Crippen LogP contribution in [0.4, 0.5) is 0 Å². The van der Waals surface area contributed by atoms with Crippen LogP contribution in [0.5, 0.6) is 0 Å². The fourth-order valence-electron chi connectivity index (χ4n) is 2.27. The van der Waals surface area contributed by atoms with Crippen LogP contribution >= 0.6 is 0 Å². The van der Waals surface area contributed by atoms with Gasteiger partial charge in [-0.25, -0.2) is 0 Å². The van der Waals surface area contributed by atoms with Crippen molar-refractivity contribution in [1.29, 1.82) is 0 Å². The molecule has 0 aromatic heterocycles. The summed E-state index contributed by atoms with van der Waals surface area (Å²) in [5, 5.41) is 0. The van der Waals surface area contributed by atoms with Gasteiger partial charge in [-0.1, -0.05) is 18.1 Å². The van der Waals surface area contributed by atoms with Gasteiger partial charge in [0.15, 0.2) is 0 Å². The normalized spacial score (nSPS) is 29.7. The highest BCUT2D eigenvalue weighted by atomic mass is 15.1. The topological polar surface area (TPSA) is 29.3 Å². The van der Waals surface area contributed by atoms with E-state index in [1.165, 1.54) is 19.4 Å². The predicted molar refractivity (Wildman–Crippen MR) is 63.2 cm³/mol. The highest BCUT2D eigenvalue weighted by Crippen LogP contribution is 2.30. The molecule has 82 valence electrons. The summed E-state index contributed by atoms with van der Waals surface area (Å²) in [7, 11) is 0. The van der Waals surface area contributed by atoms with Gasteiger partial charge >= 0.3 is 0 Å². The lowest BCUT2D eigenvalue weighted by Gasteiger charge is -2.22. The minimum Gasteiger partial charge on any atom is -0.324 e. The molecule has 0 aliphatic heterocycles. The van der Waals surface area contributed by atoms with Gasteiger partial charge in [0.1, 0.15) is 0 Å². The summed E-state index contributed by atoms with van der Waals surface area (Å²) < 4.78 is 0. The lowest BCUT2D eigenvalue weighted by atomic mass is 10.1. The fourth-order valence-corrected chi connectivity index (χ4v) is 2.27. The minimum absolute atomic E-state index is 0.267. The molecule has 15 heavy (non-hydrogen) atoms. The van der Waals surface area contributed by atoms with E-state index < -0.39 is 0 Å². The van der Waals surface area contributed by atoms with Gasteiger partial charge in [-0.05, 0) is 31.1 Å². The average Bonchev–Trinajstić information content (AvgIpc) is 2.90. The number of nitrogens with zero attached hydrogens (tertiary/aromatic N) is 1. The van der Waals surface area contributed by atoms with E-state index in [1.807, 2.05) is 0 Å². The molecule has 2 N–H and O–H groups in total. The summed E-state index contributed by atoms with van der Waals surface area (Å²) in [6.45, 7) is 3.06. The summed E-state index contributed by atoms with van der Waals surface area (Å²) in [6, 6.07) is 0.267. The Hall–Kier alpha value is -0.780. The predicted octanol–water partition coefficient (Wildman–Crippen LogP) is 1.24. The molecule has 2 aliphatic carbocycles. The van der Waals surface area contributed by atoms with Crippen molar-refractivity contribution >= 4 is 0 Å². The highest BCUT2D eigenvalue weighted by molar-refractivity contribution is 5.06. The average molecular weight is 204 g/mol. The van der Waals surface area contributed by atoms with E-state index >= 15 is 0 Å². The van der Waals surface area contributed by atoms with Crippen LogP contribution in [0.2, 0.25) is 0 Å². The van der Waals surface area contributed by atoms with E-state index in [4.69, 9.17) is 12.2 Å². The van der Waals surface area contributed by atoms with E-state index in [0.29, 0.717) is 5.92 Å². The second-order valence-electron chi connectivity index (χ2n) is 4.89. The number of hydrogen-bond donors (Lipinski definition) is 1. The van der Waals surface area contributed by atoms with Crippen LogP contribution in [0.3, 0.4) is 0 Å². The third-order valence-electron chi connectivity index (χ3n) is 3.23. The van der Waals surface area contributed by atoms with E-state index in [1.54, 1.807) is 0 Å². The summed E-state index contributed by atoms with van der Waals surface area (Å²) in [4.78, 5) is 2.41. The van der Waals surface area contributed by atoms with Crippen LogP contribution in [-0.2, 0) is 0 Å². The van der Waals surface area contributed by atoms with Gasteiger partial charge in [-0.2, -0.15) is 0 Å². The second kappa shape index (κ2) is 4.83. The molecule has 0 aromatic rings. The molecular weight excluding hydrogens is 184 g/mol. The van der Waals surface area contributed by atoms with Crippen LogP contribution in [0, 0.1) is 24.2 Å². The van der Waals surface area contributed by atoms with Crippen LogP contribution in [-0.4, -0.2) is 30.6 Å². The standard InChI is InChI=1S/C13H20N2/c1-2-7-15(9-11-3-4-11)10-12-5-6-13(14)8-12/h1,5-6,11-13H,3-4,7-10,14H2. The van der Waals surface area contributed by atoms with E-state index in [-0.39, 0.29) is 6.04 Å². The summed E-state index contributed by atoms with van der Waals surface area (Å²) in [5.41, 5.74) is 5.84. The fraction of sp³-hybridized carbons (Fsp3) is 0.692. The van der Waals surface area contributed by atoms with Crippen LogP contribution in [0.15, 0.2) is 12.2 Å². The first-order valence-corrected chi connectivity index (χ1v) is 5.87. The molecule has 1 saturated carbocycles. The van der Waals surface area contributed by atoms with Gasteiger partial charge < -0.3 is 5.73 Å². The van der Waals surface area contributed by atoms with Crippen molar-refractivity contribution in [2.45, 2.75) is 25.3 Å². The Morgan fingerprint density at radius 1 is 1.33 bits per heavy atom. The maximum absolute atomic E-state index is 5.84. The van der Waals surface area contributed by atoms with Crippen molar-refractivity contribution in [2.24, 2.45) is 17.6 Å². The SMILES string of the molecule is C#CCN(CC1C=CC(N)C1)CC1CC1. The van der Waals surface area contributed by atoms with Crippen molar-refractivity contribution in [2.75, 3.05) is 19.6 Å². The third kappa shape index (κ3) is 3.37. The Balaban J connectivity index is 1.77. The van der Waals surface area contributed by atoms with E-state index in [2.05, 4.69) is 23.0 Å². The van der Waals surface area contributed by atoms with Crippen LogP contribution in [0.25, 0.3) is 0 Å². The monoisotopic (exact) mass is 204 g/mol. The van der Waals surface area contributed by atoms with Gasteiger partial charge in [-0.3, -0.25) is 4.90 Å². The maximum Gasteiger partial charge on any atom is 0.0599 e. The Bertz CT molecular complexity index is 273. The highest BCUT2D eigenvalue weighted by Gasteiger charge is 2.26. The largest absolute Gasteiger partial charge is 0.324 e. The molecule has 0 aromatic carbocycles. The molecule has 0 bridgehead atoms. The molecule has 0 spiro atoms. The number of nitrogens with two attached hydrogens (primary N) is 1. The number of hydrogen-bond acceptors (Lipinski definition) is 2. The van der Waals surface area contributed by atoms with Gasteiger partial charge in [0.25, 0.3) is 0 Å². The molecule has 2 unspecified atom stereocenters. The van der Waals surface area contributed by atoms with Gasteiger partial charge in [0, 0.05) is 19.1 Å². The molecular formula is C13H20N2. The van der Waals surface area contributed by atoms with Crippen molar-refractivity contribution in [3.8, 4) is 12.3 Å². The van der Waals surface area contributed by atoms with E-state index in [9.17, 15) is 0 Å². The Morgan fingerprint density at radius 2 is 2.13 bits per heavy atom. The molecule has 2 aliphatic rings. The first-order chi connectivity index (χ1) is 7.28. The second-order valence-corrected chi connectivity index (χ2v) is 4.89. The molecule has 2 nitrogen and oxygen atoms in total. The van der Waals surface area contributed by atoms with Gasteiger partial charge in [-0.15, -0.1) is 6.42 Å². The zero-order valence-corrected chi connectivity index (χ0v) is 9.23. The van der Waals surface area contributed by atoms with E-state index in [0.717, 1.165) is 25.4 Å². The molecule has 2 atom stereocenters. The van der Waals surface area contributed by atoms with Crippen LogP contribution < -0.4 is 5.73 Å². The Kier molecular flexibility index (Phi) is 3.45. The first kappa shape index (κ1) is 10.7. The Labute approximate surface area is 92.5 Å². The molecule has 1 fully saturated rings. The zero-order chi connectivity index (χ0) is 10.7. The quantitative estimate of drug-likeness (QED) is 0.539. The minimum atomic E-state index is 0.267. The Morgan fingerprint density at radius 3 is 2.67 bits per heavy atom. The van der Waals surface area contributed by atoms with Crippen molar-refractivity contribution in [1.82, 2.24) is 4.90 Å². The smallest absolute Gasteiger partial charge is 0.0599 e. The third-order valence-corrected chi connectivity index (χ3v) is 3.23. The zero-order valence-electron chi connectivity index (χ0n) is 9.23. The molecule has 0 heterocycles. The van der Waals surface area contributed by atoms with Crippen molar-refractivity contribution < 1.29 is 0 Å². The van der Waals surface area contributed by atoms with Crippen molar-refractivity contribution in [3.05, 3.63) is 12.2 Å². The molecule has 2 heteroatoms. The molecule has 0 radical (unpaired) electrons. The van der Waals surface area contributed by atoms with Gasteiger partial charge in [0.05, 0.1) is 6.54 Å². The first-order valence-electron chi connectivity index (χ1n) is 5.87. The summed E-state index contributed by atoms with van der Waals surface area (Å²) >= 11 is 0. The molecule has 0 amide bonds. The number of terminal acetylenes is 1. The van der Waals surface area contributed by atoms with Gasteiger partial charge in [0.2, 0.25) is 0 Å². The summed E-state index contributed by atoms with van der Waals surface area (Å²) in [6.07, 6.45) is 13.6. The van der Waals surface area contributed by atoms with Crippen molar-refractivity contribution in [3.63, 3.8) is 0 Å². The lowest BCUT2D eigenvalue weighted by Crippen LogP contribution is -2.31. The lowest BCUT2D eigenvalue weighted by molar-refractivity contribution is 0.263. The molecule has 2 rings (SSSR count). The van der Waals surface area contributed by atoms with Crippen LogP contribution in [0.1, 0.15) is 19.3 Å².